The molecule has 0 fully saturated rings. The summed E-state index contributed by atoms with van der Waals surface area (Å²) in [5, 5.41) is 13.6. The molecule has 0 aliphatic rings. The second-order valence-corrected chi connectivity index (χ2v) is 6.32. The third-order valence-electron chi connectivity index (χ3n) is 4.21. The molecule has 3 aromatic rings. The molecule has 134 valence electrons. The van der Waals surface area contributed by atoms with Crippen molar-refractivity contribution in [2.24, 2.45) is 0 Å². The molecule has 1 heterocycles. The van der Waals surface area contributed by atoms with Crippen LogP contribution < -0.4 is 10.1 Å². The zero-order valence-electron chi connectivity index (χ0n) is 14.9. The van der Waals surface area contributed by atoms with Gasteiger partial charge >= 0.3 is 0 Å². The Morgan fingerprint density at radius 2 is 1.85 bits per heavy atom. The van der Waals surface area contributed by atoms with Crippen LogP contribution in [0.25, 0.3) is 0 Å². The van der Waals surface area contributed by atoms with Crippen molar-refractivity contribution in [2.45, 2.75) is 26.2 Å². The van der Waals surface area contributed by atoms with Gasteiger partial charge in [0.15, 0.2) is 0 Å². The SMILES string of the molecule is Cc1ccc(C(O)CNCc2ccccc2OCc2cccnc2)cc1. The van der Waals surface area contributed by atoms with Crippen molar-refractivity contribution in [3.05, 3.63) is 95.3 Å². The van der Waals surface area contributed by atoms with Gasteiger partial charge in [0.2, 0.25) is 0 Å². The lowest BCUT2D eigenvalue weighted by Crippen LogP contribution is -2.21. The summed E-state index contributed by atoms with van der Waals surface area (Å²) in [4.78, 5) is 4.10. The Morgan fingerprint density at radius 3 is 2.62 bits per heavy atom. The first-order valence-electron chi connectivity index (χ1n) is 8.77. The summed E-state index contributed by atoms with van der Waals surface area (Å²) in [6.07, 6.45) is 3.03. The Bertz CT molecular complexity index is 804. The number of aromatic nitrogens is 1. The topological polar surface area (TPSA) is 54.4 Å². The van der Waals surface area contributed by atoms with E-state index in [-0.39, 0.29) is 0 Å². The van der Waals surface area contributed by atoms with Gasteiger partial charge in [0, 0.05) is 36.6 Å². The fraction of sp³-hybridized carbons (Fsp3) is 0.227. The Balaban J connectivity index is 1.54. The molecule has 1 aromatic heterocycles. The van der Waals surface area contributed by atoms with Crippen molar-refractivity contribution in [2.75, 3.05) is 6.54 Å². The van der Waals surface area contributed by atoms with E-state index < -0.39 is 6.10 Å². The van der Waals surface area contributed by atoms with Gasteiger partial charge in [0.05, 0.1) is 6.10 Å². The largest absolute Gasteiger partial charge is 0.489 e. The number of hydrogen-bond donors (Lipinski definition) is 2. The van der Waals surface area contributed by atoms with E-state index in [1.54, 1.807) is 12.4 Å². The first kappa shape index (κ1) is 18.1. The summed E-state index contributed by atoms with van der Waals surface area (Å²) in [5.74, 6) is 0.841. The van der Waals surface area contributed by atoms with Crippen LogP contribution in [0.5, 0.6) is 5.75 Å². The Kier molecular flexibility index (Phi) is 6.36. The van der Waals surface area contributed by atoms with E-state index in [2.05, 4.69) is 10.3 Å². The predicted molar refractivity (Wildman–Crippen MR) is 103 cm³/mol. The monoisotopic (exact) mass is 348 g/mol. The zero-order chi connectivity index (χ0) is 18.2. The molecule has 2 aromatic carbocycles. The van der Waals surface area contributed by atoms with Crippen molar-refractivity contribution in [1.82, 2.24) is 10.3 Å². The van der Waals surface area contributed by atoms with E-state index in [0.29, 0.717) is 19.7 Å². The Morgan fingerprint density at radius 1 is 1.04 bits per heavy atom. The summed E-state index contributed by atoms with van der Waals surface area (Å²) in [5.41, 5.74) is 4.20. The molecule has 0 amide bonds. The number of aliphatic hydroxyl groups excluding tert-OH is 1. The highest BCUT2D eigenvalue weighted by molar-refractivity contribution is 5.33. The van der Waals surface area contributed by atoms with E-state index >= 15 is 0 Å². The van der Waals surface area contributed by atoms with Crippen LogP contribution in [0, 0.1) is 6.92 Å². The molecule has 1 unspecified atom stereocenters. The molecule has 0 saturated carbocycles. The number of para-hydroxylation sites is 1. The summed E-state index contributed by atoms with van der Waals surface area (Å²) < 4.78 is 5.94. The number of aryl methyl sites for hydroxylation is 1. The maximum Gasteiger partial charge on any atom is 0.124 e. The highest BCUT2D eigenvalue weighted by Gasteiger charge is 2.08. The van der Waals surface area contributed by atoms with E-state index in [1.807, 2.05) is 67.6 Å². The number of ether oxygens (including phenoxy) is 1. The van der Waals surface area contributed by atoms with Crippen molar-refractivity contribution >= 4 is 0 Å². The Hall–Kier alpha value is -2.69. The highest BCUT2D eigenvalue weighted by Crippen LogP contribution is 2.20. The second-order valence-electron chi connectivity index (χ2n) is 6.32. The molecular formula is C22H24N2O2. The summed E-state index contributed by atoms with van der Waals surface area (Å²) >= 11 is 0. The van der Waals surface area contributed by atoms with Gasteiger partial charge in [-0.1, -0.05) is 54.1 Å². The van der Waals surface area contributed by atoms with Gasteiger partial charge in [-0.05, 0) is 24.6 Å². The number of rotatable bonds is 8. The molecular weight excluding hydrogens is 324 g/mol. The molecule has 0 spiro atoms. The van der Waals surface area contributed by atoms with Crippen LogP contribution in [0.4, 0.5) is 0 Å². The maximum absolute atomic E-state index is 10.3. The lowest BCUT2D eigenvalue weighted by Gasteiger charge is -2.15. The number of hydrogen-bond acceptors (Lipinski definition) is 4. The molecule has 0 bridgehead atoms. The molecule has 2 N–H and O–H groups in total. The normalized spacial score (nSPS) is 11.9. The fourth-order valence-corrected chi connectivity index (χ4v) is 2.69. The standard InChI is InChI=1S/C22H24N2O2/c1-17-8-10-19(11-9-17)21(25)15-24-14-20-6-2-3-7-22(20)26-16-18-5-4-12-23-13-18/h2-13,21,24-25H,14-16H2,1H3. The van der Waals surface area contributed by atoms with E-state index in [1.165, 1.54) is 5.56 Å². The minimum atomic E-state index is -0.529. The summed E-state index contributed by atoms with van der Waals surface area (Å²) in [6, 6.07) is 19.8. The molecule has 1 atom stereocenters. The molecule has 4 heteroatoms. The van der Waals surface area contributed by atoms with E-state index in [0.717, 1.165) is 22.4 Å². The van der Waals surface area contributed by atoms with Crippen LogP contribution in [0.2, 0.25) is 0 Å². The van der Waals surface area contributed by atoms with Crippen LogP contribution >= 0.6 is 0 Å². The molecule has 26 heavy (non-hydrogen) atoms. The Labute approximate surface area is 154 Å². The molecule has 0 aliphatic heterocycles. The lowest BCUT2D eigenvalue weighted by molar-refractivity contribution is 0.174. The van der Waals surface area contributed by atoms with Crippen LogP contribution in [-0.2, 0) is 13.2 Å². The first-order valence-corrected chi connectivity index (χ1v) is 8.77. The molecule has 0 saturated heterocycles. The third-order valence-corrected chi connectivity index (χ3v) is 4.21. The lowest BCUT2D eigenvalue weighted by atomic mass is 10.1. The number of aliphatic hydroxyl groups is 1. The fourth-order valence-electron chi connectivity index (χ4n) is 2.69. The van der Waals surface area contributed by atoms with Gasteiger partial charge in [-0.15, -0.1) is 0 Å². The zero-order valence-corrected chi connectivity index (χ0v) is 14.9. The van der Waals surface area contributed by atoms with Crippen LogP contribution in [0.1, 0.15) is 28.4 Å². The van der Waals surface area contributed by atoms with Gasteiger partial charge in [-0.25, -0.2) is 0 Å². The molecule has 3 rings (SSSR count). The number of pyridine rings is 1. The smallest absolute Gasteiger partial charge is 0.124 e. The summed E-state index contributed by atoms with van der Waals surface area (Å²) in [6.45, 7) is 3.64. The molecule has 0 aliphatic carbocycles. The van der Waals surface area contributed by atoms with Crippen molar-refractivity contribution in [3.8, 4) is 5.75 Å². The number of benzene rings is 2. The van der Waals surface area contributed by atoms with Gasteiger partial charge in [0.1, 0.15) is 12.4 Å². The predicted octanol–water partition coefficient (Wildman–Crippen LogP) is 3.79. The van der Waals surface area contributed by atoms with Gasteiger partial charge in [-0.3, -0.25) is 4.98 Å². The average molecular weight is 348 g/mol. The van der Waals surface area contributed by atoms with Crippen LogP contribution in [-0.4, -0.2) is 16.6 Å². The number of nitrogens with one attached hydrogen (secondary N) is 1. The first-order chi connectivity index (χ1) is 12.7. The minimum Gasteiger partial charge on any atom is -0.489 e. The maximum atomic E-state index is 10.3. The van der Waals surface area contributed by atoms with Gasteiger partial charge in [0.25, 0.3) is 0 Å². The molecule has 0 radical (unpaired) electrons. The van der Waals surface area contributed by atoms with Crippen LogP contribution in [0.3, 0.4) is 0 Å². The van der Waals surface area contributed by atoms with Crippen LogP contribution in [0.15, 0.2) is 73.1 Å². The highest BCUT2D eigenvalue weighted by atomic mass is 16.5. The quantitative estimate of drug-likeness (QED) is 0.650. The second kappa shape index (κ2) is 9.13. The van der Waals surface area contributed by atoms with E-state index in [4.69, 9.17) is 4.74 Å². The number of nitrogens with zero attached hydrogens (tertiary/aromatic N) is 1. The van der Waals surface area contributed by atoms with Crippen molar-refractivity contribution in [1.29, 1.82) is 0 Å². The van der Waals surface area contributed by atoms with Gasteiger partial charge in [-0.2, -0.15) is 0 Å². The van der Waals surface area contributed by atoms with Crippen molar-refractivity contribution < 1.29 is 9.84 Å². The molecule has 4 nitrogen and oxygen atoms in total. The summed E-state index contributed by atoms with van der Waals surface area (Å²) in [7, 11) is 0. The van der Waals surface area contributed by atoms with Crippen molar-refractivity contribution in [3.63, 3.8) is 0 Å². The van der Waals surface area contributed by atoms with E-state index in [9.17, 15) is 5.11 Å². The average Bonchev–Trinajstić information content (AvgIpc) is 2.68. The third kappa shape index (κ3) is 5.15. The van der Waals surface area contributed by atoms with Gasteiger partial charge < -0.3 is 15.2 Å². The minimum absolute atomic E-state index is 0.483.